The highest BCUT2D eigenvalue weighted by Gasteiger charge is 2.36. The molecule has 5 heterocycles. The van der Waals surface area contributed by atoms with E-state index in [0.29, 0.717) is 40.2 Å². The summed E-state index contributed by atoms with van der Waals surface area (Å²) in [4.78, 5) is 32.4. The van der Waals surface area contributed by atoms with Crippen LogP contribution in [0.5, 0.6) is 0 Å². The maximum atomic E-state index is 14.4. The molecule has 2 fully saturated rings. The number of fused-ring (bicyclic) bond motifs is 3. The van der Waals surface area contributed by atoms with E-state index in [9.17, 15) is 18.0 Å². The normalized spacial score (nSPS) is 16.5. The van der Waals surface area contributed by atoms with Gasteiger partial charge in [0.15, 0.2) is 17.2 Å². The van der Waals surface area contributed by atoms with E-state index in [1.54, 1.807) is 6.07 Å². The number of aromatic nitrogens is 3. The van der Waals surface area contributed by atoms with Gasteiger partial charge in [0.2, 0.25) is 0 Å². The fourth-order valence-electron chi connectivity index (χ4n) is 4.59. The van der Waals surface area contributed by atoms with Crippen molar-refractivity contribution in [2.24, 2.45) is 0 Å². The van der Waals surface area contributed by atoms with Gasteiger partial charge >= 0.3 is 0 Å². The van der Waals surface area contributed by atoms with Crippen molar-refractivity contribution in [3.05, 3.63) is 62.7 Å². The number of pyridine rings is 1. The van der Waals surface area contributed by atoms with E-state index in [0.717, 1.165) is 31.3 Å². The van der Waals surface area contributed by atoms with Crippen LogP contribution in [0.1, 0.15) is 43.5 Å². The number of carbonyl (C=O) groups is 1. The summed E-state index contributed by atoms with van der Waals surface area (Å²) in [7, 11) is 0. The first-order valence-corrected chi connectivity index (χ1v) is 13.0. The Labute approximate surface area is 229 Å². The van der Waals surface area contributed by atoms with Gasteiger partial charge in [0.25, 0.3) is 18.5 Å². The van der Waals surface area contributed by atoms with Crippen LogP contribution in [0.3, 0.4) is 0 Å². The van der Waals surface area contributed by atoms with Crippen molar-refractivity contribution >= 4 is 50.3 Å². The van der Waals surface area contributed by atoms with E-state index in [4.69, 9.17) is 19.1 Å². The third-order valence-corrected chi connectivity index (χ3v) is 6.91. The molecule has 4 aromatic rings. The Morgan fingerprint density at radius 1 is 1.15 bits per heavy atom. The number of furan rings is 1. The van der Waals surface area contributed by atoms with E-state index in [2.05, 4.69) is 30.9 Å². The Hall–Kier alpha value is -3.45. The fraction of sp³-hybridized carbons (Fsp3) is 0.385. The molecule has 0 bridgehead atoms. The number of para-hydroxylation sites is 1. The van der Waals surface area contributed by atoms with Crippen LogP contribution >= 0.6 is 15.9 Å². The molecule has 2 aliphatic heterocycles. The molecule has 2 saturated heterocycles. The van der Waals surface area contributed by atoms with Gasteiger partial charge in [-0.3, -0.25) is 9.59 Å². The average Bonchev–Trinajstić information content (AvgIpc) is 3.59. The SMILES string of the molecule is FC(F)c1nc(N2CCCC2)c2oc3ccccc3c2n1.O=CO.O=c1[nH]cc(Br)cc1C1(F)CCOCC1. The van der Waals surface area contributed by atoms with E-state index in [-0.39, 0.29) is 30.4 Å². The number of hydrogen-bond acceptors (Lipinski definition) is 7. The largest absolute Gasteiger partial charge is 0.483 e. The molecular formula is C26H26BrF3N4O5. The zero-order valence-corrected chi connectivity index (χ0v) is 22.3. The predicted octanol–water partition coefficient (Wildman–Crippen LogP) is 5.73. The molecule has 0 atom stereocenters. The number of alkyl halides is 3. The number of halogens is 4. The van der Waals surface area contributed by atoms with Crippen molar-refractivity contribution < 1.29 is 32.2 Å². The van der Waals surface area contributed by atoms with Crippen molar-refractivity contribution in [2.45, 2.75) is 37.8 Å². The van der Waals surface area contributed by atoms with Crippen molar-refractivity contribution in [1.82, 2.24) is 15.0 Å². The molecule has 208 valence electrons. The topological polar surface area (TPSA) is 122 Å². The molecule has 3 aromatic heterocycles. The van der Waals surface area contributed by atoms with Crippen LogP contribution in [0.2, 0.25) is 0 Å². The zero-order valence-electron chi connectivity index (χ0n) is 20.7. The van der Waals surface area contributed by atoms with Gasteiger partial charge in [-0.2, -0.15) is 0 Å². The van der Waals surface area contributed by atoms with E-state index in [1.165, 1.54) is 6.20 Å². The first kappa shape index (κ1) is 28.6. The van der Waals surface area contributed by atoms with E-state index >= 15 is 0 Å². The molecule has 0 aliphatic carbocycles. The molecule has 13 heteroatoms. The first-order valence-electron chi connectivity index (χ1n) is 12.2. The molecule has 0 unspecified atom stereocenters. The maximum Gasteiger partial charge on any atom is 0.297 e. The van der Waals surface area contributed by atoms with Crippen LogP contribution in [0.4, 0.5) is 19.0 Å². The number of nitrogens with one attached hydrogen (secondary N) is 1. The highest BCUT2D eigenvalue weighted by Crippen LogP contribution is 2.36. The van der Waals surface area contributed by atoms with Gasteiger partial charge in [-0.25, -0.2) is 23.1 Å². The molecule has 0 amide bonds. The summed E-state index contributed by atoms with van der Waals surface area (Å²) in [5.74, 6) is 0.0555. The lowest BCUT2D eigenvalue weighted by Gasteiger charge is -2.29. The Morgan fingerprint density at radius 2 is 1.82 bits per heavy atom. The minimum absolute atomic E-state index is 0.195. The minimum Gasteiger partial charge on any atom is -0.483 e. The van der Waals surface area contributed by atoms with Crippen LogP contribution in [-0.2, 0) is 15.2 Å². The van der Waals surface area contributed by atoms with Crippen molar-refractivity contribution in [2.75, 3.05) is 31.2 Å². The smallest absolute Gasteiger partial charge is 0.297 e. The molecule has 9 nitrogen and oxygen atoms in total. The number of aromatic amines is 1. The number of anilines is 1. The average molecular weight is 611 g/mol. The zero-order chi connectivity index (χ0) is 28.0. The van der Waals surface area contributed by atoms with Crippen LogP contribution in [0, 0.1) is 0 Å². The number of rotatable bonds is 3. The van der Waals surface area contributed by atoms with Crippen molar-refractivity contribution in [3.63, 3.8) is 0 Å². The van der Waals surface area contributed by atoms with Crippen molar-refractivity contribution in [3.8, 4) is 0 Å². The van der Waals surface area contributed by atoms with Gasteiger partial charge in [0.05, 0.1) is 5.56 Å². The Kier molecular flexibility index (Phi) is 9.23. The first-order chi connectivity index (χ1) is 18.8. The van der Waals surface area contributed by atoms with Crippen LogP contribution in [0.25, 0.3) is 22.1 Å². The van der Waals surface area contributed by atoms with Gasteiger partial charge < -0.3 is 24.1 Å². The highest BCUT2D eigenvalue weighted by atomic mass is 79.9. The summed E-state index contributed by atoms with van der Waals surface area (Å²) in [6.45, 7) is 2.10. The molecule has 0 radical (unpaired) electrons. The van der Waals surface area contributed by atoms with E-state index < -0.39 is 17.9 Å². The Balaban J connectivity index is 0.000000173. The standard InChI is InChI=1S/C15H13F2N3O.C10H11BrFNO2.CH2O2/c16-13(17)14-18-11-9-5-1-2-6-10(9)21-12(11)15(19-14)20-7-3-4-8-20;11-7-5-8(9(14)13-6-7)10(12)1-3-15-4-2-10;2-1-3/h1-2,5-6,13H,3-4,7-8H2;5-6H,1-4H2,(H,13,14);1H,(H,2,3). The molecule has 6 rings (SSSR count). The Morgan fingerprint density at radius 3 is 2.49 bits per heavy atom. The van der Waals surface area contributed by atoms with Crippen LogP contribution < -0.4 is 10.5 Å². The van der Waals surface area contributed by atoms with Gasteiger partial charge in [-0.15, -0.1) is 0 Å². The fourth-order valence-corrected chi connectivity index (χ4v) is 4.93. The summed E-state index contributed by atoms with van der Waals surface area (Å²) in [5, 5.41) is 7.64. The summed E-state index contributed by atoms with van der Waals surface area (Å²) in [5.41, 5.74) is -0.0907. The number of nitrogens with zero attached hydrogens (tertiary/aromatic N) is 3. The second-order valence-corrected chi connectivity index (χ2v) is 9.84. The van der Waals surface area contributed by atoms with Gasteiger partial charge in [-0.05, 0) is 47.0 Å². The highest BCUT2D eigenvalue weighted by molar-refractivity contribution is 9.10. The molecule has 1 aromatic carbocycles. The third kappa shape index (κ3) is 6.41. The summed E-state index contributed by atoms with van der Waals surface area (Å²) < 4.78 is 52.2. The number of carboxylic acid groups (broad SMARTS) is 1. The second-order valence-electron chi connectivity index (χ2n) is 8.92. The number of benzene rings is 1. The van der Waals surface area contributed by atoms with Gasteiger partial charge in [0, 0.05) is 55.2 Å². The molecule has 39 heavy (non-hydrogen) atoms. The molecule has 2 aliphatic rings. The maximum absolute atomic E-state index is 14.4. The molecule has 2 N–H and O–H groups in total. The lowest BCUT2D eigenvalue weighted by atomic mass is 9.89. The minimum atomic E-state index is -2.69. The predicted molar refractivity (Wildman–Crippen MR) is 142 cm³/mol. The van der Waals surface area contributed by atoms with Crippen molar-refractivity contribution in [1.29, 1.82) is 0 Å². The quantitative estimate of drug-likeness (QED) is 0.282. The van der Waals surface area contributed by atoms with E-state index in [1.807, 2.05) is 29.2 Å². The van der Waals surface area contributed by atoms with Gasteiger partial charge in [0.1, 0.15) is 16.8 Å². The number of H-pyrrole nitrogens is 1. The number of hydrogen-bond donors (Lipinski definition) is 2. The van der Waals surface area contributed by atoms with Crippen LogP contribution in [0.15, 0.2) is 50.2 Å². The lowest BCUT2D eigenvalue weighted by molar-refractivity contribution is -0.122. The second kappa shape index (κ2) is 12.6. The molecule has 0 spiro atoms. The monoisotopic (exact) mass is 610 g/mol. The summed E-state index contributed by atoms with van der Waals surface area (Å²) >= 11 is 3.22. The Bertz CT molecular complexity index is 1480. The summed E-state index contributed by atoms with van der Waals surface area (Å²) in [6.07, 6.45) is 1.38. The van der Waals surface area contributed by atoms with Gasteiger partial charge in [-0.1, -0.05) is 12.1 Å². The molecular weight excluding hydrogens is 585 g/mol. The lowest BCUT2D eigenvalue weighted by Crippen LogP contribution is -2.34. The number of ether oxygens (including phenoxy) is 1. The third-order valence-electron chi connectivity index (χ3n) is 6.46. The summed E-state index contributed by atoms with van der Waals surface area (Å²) in [6, 6.07) is 8.88. The van der Waals surface area contributed by atoms with Crippen LogP contribution in [-0.4, -0.2) is 52.8 Å². The molecule has 0 saturated carbocycles.